The first-order chi connectivity index (χ1) is 15.0. The van der Waals surface area contributed by atoms with Crippen LogP contribution in [-0.2, 0) is 0 Å². The molecule has 0 aliphatic rings. The predicted octanol–water partition coefficient (Wildman–Crippen LogP) is 5.07. The Morgan fingerprint density at radius 1 is 0.677 bits per heavy atom. The molecule has 0 unspecified atom stereocenters. The summed E-state index contributed by atoms with van der Waals surface area (Å²) in [6.07, 6.45) is 1.65. The number of aromatic hydroxyl groups is 5. The number of aromatic nitrogens is 2. The van der Waals surface area contributed by atoms with E-state index in [1.165, 1.54) is 0 Å². The van der Waals surface area contributed by atoms with E-state index in [4.69, 9.17) is 0 Å². The summed E-state index contributed by atoms with van der Waals surface area (Å²) in [5, 5.41) is 54.3. The lowest BCUT2D eigenvalue weighted by molar-refractivity contribution is 0.327. The third-order valence-electron chi connectivity index (χ3n) is 5.59. The second kappa shape index (κ2) is 5.93. The molecule has 31 heavy (non-hydrogen) atoms. The van der Waals surface area contributed by atoms with Gasteiger partial charge >= 0.3 is 0 Å². The van der Waals surface area contributed by atoms with E-state index >= 15 is 0 Å². The molecule has 152 valence electrons. The Bertz CT molecular complexity index is 1670. The topological polar surface area (TPSA) is 119 Å². The van der Waals surface area contributed by atoms with Gasteiger partial charge in [0.25, 0.3) is 0 Å². The molecular weight excluding hydrogens is 416 g/mol. The highest BCUT2D eigenvalue weighted by atomic mass is 32.1. The first-order valence-corrected chi connectivity index (χ1v) is 10.2. The van der Waals surface area contributed by atoms with Gasteiger partial charge in [-0.2, -0.15) is 0 Å². The number of hydrogen-bond acceptors (Lipinski definition) is 7. The Morgan fingerprint density at radius 2 is 1.39 bits per heavy atom. The molecule has 3 aromatic carbocycles. The molecule has 0 fully saturated rings. The van der Waals surface area contributed by atoms with Crippen LogP contribution in [0, 0.1) is 0 Å². The van der Waals surface area contributed by atoms with Gasteiger partial charge in [0.05, 0.1) is 16.6 Å². The number of rotatable bonds is 1. The molecule has 0 amide bonds. The zero-order chi connectivity index (χ0) is 21.4. The lowest BCUT2D eigenvalue weighted by Crippen LogP contribution is -1.97. The molecule has 8 heteroatoms. The minimum atomic E-state index is -0.997. The minimum Gasteiger partial charge on any atom is -0.503 e. The van der Waals surface area contributed by atoms with Gasteiger partial charge in [0.1, 0.15) is 5.69 Å². The fourth-order valence-electron chi connectivity index (χ4n) is 4.24. The molecule has 5 N–H and O–H groups in total. The first kappa shape index (κ1) is 17.7. The molecule has 6 aromatic rings. The van der Waals surface area contributed by atoms with Crippen molar-refractivity contribution in [3.8, 4) is 34.4 Å². The van der Waals surface area contributed by atoms with E-state index in [9.17, 15) is 25.5 Å². The number of phenolic OH excluding ortho intramolecular Hbond substituents is 5. The number of fused-ring (bicyclic) bond motifs is 7. The fourth-order valence-corrected chi connectivity index (χ4v) is 5.35. The maximum atomic E-state index is 10.7. The molecule has 6 rings (SSSR count). The Morgan fingerprint density at radius 3 is 2.16 bits per heavy atom. The smallest absolute Gasteiger partial charge is 0.208 e. The molecule has 3 aromatic heterocycles. The van der Waals surface area contributed by atoms with Gasteiger partial charge in [-0.05, 0) is 30.3 Å². The van der Waals surface area contributed by atoms with Crippen molar-refractivity contribution in [3.63, 3.8) is 0 Å². The van der Waals surface area contributed by atoms with Gasteiger partial charge in [-0.25, -0.2) is 0 Å². The van der Waals surface area contributed by atoms with Crippen molar-refractivity contribution in [1.29, 1.82) is 0 Å². The molecule has 0 saturated heterocycles. The summed E-state index contributed by atoms with van der Waals surface area (Å²) in [6.45, 7) is 0. The highest BCUT2D eigenvalue weighted by molar-refractivity contribution is 7.26. The molecule has 0 radical (unpaired) electrons. The summed E-state index contributed by atoms with van der Waals surface area (Å²) in [7, 11) is 0. The lowest BCUT2D eigenvalue weighted by Gasteiger charge is -2.15. The van der Waals surface area contributed by atoms with Crippen molar-refractivity contribution >= 4 is 53.4 Å². The number of phenols is 5. The van der Waals surface area contributed by atoms with Gasteiger partial charge in [-0.1, -0.05) is 18.2 Å². The molecule has 7 nitrogen and oxygen atoms in total. The zero-order valence-corrected chi connectivity index (χ0v) is 16.6. The van der Waals surface area contributed by atoms with Gasteiger partial charge in [0, 0.05) is 31.8 Å². The number of thiophene rings is 1. The summed E-state index contributed by atoms with van der Waals surface area (Å²) in [5.74, 6) is -4.36. The van der Waals surface area contributed by atoms with Crippen LogP contribution in [0.25, 0.3) is 47.8 Å². The van der Waals surface area contributed by atoms with Crippen LogP contribution in [0.3, 0.4) is 0 Å². The van der Waals surface area contributed by atoms with Crippen LogP contribution >= 0.6 is 11.3 Å². The van der Waals surface area contributed by atoms with Gasteiger partial charge in [-0.3, -0.25) is 4.98 Å². The van der Waals surface area contributed by atoms with Gasteiger partial charge in [-0.15, -0.1) is 11.3 Å². The monoisotopic (exact) mass is 430 g/mol. The summed E-state index contributed by atoms with van der Waals surface area (Å²) in [5.41, 5.74) is 1.58. The third kappa shape index (κ3) is 2.14. The highest BCUT2D eigenvalue weighted by Gasteiger charge is 2.28. The highest BCUT2D eigenvalue weighted by Crippen LogP contribution is 2.54. The molecule has 0 saturated carbocycles. The SMILES string of the molecule is Oc1c(O)c(O)c(-n2c3cccnc3c3ccc4sc5ccccc5c4c32)c(O)c1O. The van der Waals surface area contributed by atoms with E-state index in [1.54, 1.807) is 34.2 Å². The van der Waals surface area contributed by atoms with Crippen LogP contribution in [0.4, 0.5) is 0 Å². The van der Waals surface area contributed by atoms with Crippen LogP contribution in [0.5, 0.6) is 28.7 Å². The molecule has 0 aliphatic heterocycles. The summed E-state index contributed by atoms with van der Waals surface area (Å²) < 4.78 is 3.62. The predicted molar refractivity (Wildman–Crippen MR) is 120 cm³/mol. The van der Waals surface area contributed by atoms with E-state index in [-0.39, 0.29) is 5.69 Å². The number of hydrogen-bond donors (Lipinski definition) is 5. The average molecular weight is 430 g/mol. The molecule has 0 spiro atoms. The Balaban J connectivity index is 1.95. The lowest BCUT2D eigenvalue weighted by atomic mass is 10.1. The van der Waals surface area contributed by atoms with Crippen molar-refractivity contribution in [2.75, 3.05) is 0 Å². The second-order valence-electron chi connectivity index (χ2n) is 7.23. The van der Waals surface area contributed by atoms with Crippen LogP contribution < -0.4 is 0 Å². The Kier molecular flexibility index (Phi) is 3.38. The van der Waals surface area contributed by atoms with Crippen LogP contribution in [0.15, 0.2) is 54.7 Å². The summed E-state index contributed by atoms with van der Waals surface area (Å²) in [4.78, 5) is 4.49. The van der Waals surface area contributed by atoms with Crippen molar-refractivity contribution in [2.24, 2.45) is 0 Å². The number of nitrogens with zero attached hydrogens (tertiary/aromatic N) is 2. The average Bonchev–Trinajstić information content (AvgIpc) is 3.32. The number of benzene rings is 3. The van der Waals surface area contributed by atoms with Crippen molar-refractivity contribution in [1.82, 2.24) is 9.55 Å². The zero-order valence-electron chi connectivity index (χ0n) is 15.7. The van der Waals surface area contributed by atoms with Crippen molar-refractivity contribution in [2.45, 2.75) is 0 Å². The quantitative estimate of drug-likeness (QED) is 0.183. The van der Waals surface area contributed by atoms with Gasteiger partial charge in [0.2, 0.25) is 17.2 Å². The van der Waals surface area contributed by atoms with Crippen LogP contribution in [-0.4, -0.2) is 35.1 Å². The Hall–Kier alpha value is -4.17. The van der Waals surface area contributed by atoms with Gasteiger partial charge in [0.15, 0.2) is 11.5 Å². The van der Waals surface area contributed by atoms with E-state index in [0.717, 1.165) is 25.6 Å². The third-order valence-corrected chi connectivity index (χ3v) is 6.73. The second-order valence-corrected chi connectivity index (χ2v) is 8.32. The normalized spacial score (nSPS) is 11.9. The minimum absolute atomic E-state index is 0.247. The molecule has 0 atom stereocenters. The number of pyridine rings is 1. The van der Waals surface area contributed by atoms with Crippen LogP contribution in [0.2, 0.25) is 0 Å². The Labute approximate surface area is 177 Å². The van der Waals surface area contributed by atoms with Crippen molar-refractivity contribution < 1.29 is 25.5 Å². The van der Waals surface area contributed by atoms with E-state index < -0.39 is 28.7 Å². The van der Waals surface area contributed by atoms with E-state index in [2.05, 4.69) is 4.98 Å². The standard InChI is InChI=1S/C23H14N2O5S/c26-19-18(20(27)22(29)23(30)21(19)28)25-12-5-3-9-24-16(12)11-7-8-14-15(17(11)25)10-4-1-2-6-13(10)31-14/h1-9,26-30H. The maximum Gasteiger partial charge on any atom is 0.208 e. The first-order valence-electron chi connectivity index (χ1n) is 9.37. The van der Waals surface area contributed by atoms with E-state index in [1.807, 2.05) is 36.4 Å². The van der Waals surface area contributed by atoms with Crippen LogP contribution in [0.1, 0.15) is 0 Å². The largest absolute Gasteiger partial charge is 0.503 e. The molecular formula is C23H14N2O5S. The molecule has 0 bridgehead atoms. The molecule has 3 heterocycles. The maximum absolute atomic E-state index is 10.7. The van der Waals surface area contributed by atoms with E-state index in [0.29, 0.717) is 16.6 Å². The summed E-state index contributed by atoms with van der Waals surface area (Å²) in [6, 6.07) is 15.3. The van der Waals surface area contributed by atoms with Gasteiger partial charge < -0.3 is 30.1 Å². The molecule has 0 aliphatic carbocycles. The fraction of sp³-hybridized carbons (Fsp3) is 0. The summed E-state index contributed by atoms with van der Waals surface area (Å²) >= 11 is 1.61. The van der Waals surface area contributed by atoms with Crippen molar-refractivity contribution in [3.05, 3.63) is 54.7 Å².